The van der Waals surface area contributed by atoms with Crippen molar-refractivity contribution in [3.05, 3.63) is 29.8 Å². The lowest BCUT2D eigenvalue weighted by Crippen LogP contribution is -2.43. The molecule has 0 atom stereocenters. The van der Waals surface area contributed by atoms with Crippen molar-refractivity contribution in [1.82, 2.24) is 4.31 Å². The van der Waals surface area contributed by atoms with Gasteiger partial charge in [0.2, 0.25) is 10.0 Å². The molecule has 0 N–H and O–H groups in total. The molecule has 3 nitrogen and oxygen atoms in total. The van der Waals surface area contributed by atoms with E-state index in [0.717, 1.165) is 43.9 Å². The molecule has 0 saturated heterocycles. The van der Waals surface area contributed by atoms with Crippen LogP contribution in [0.15, 0.2) is 29.2 Å². The summed E-state index contributed by atoms with van der Waals surface area (Å²) in [5.74, 6) is 0. The van der Waals surface area contributed by atoms with Crippen LogP contribution >= 0.6 is 0 Å². The van der Waals surface area contributed by atoms with Crippen molar-refractivity contribution in [2.75, 3.05) is 0 Å². The van der Waals surface area contributed by atoms with Gasteiger partial charge in [-0.1, -0.05) is 18.9 Å². The van der Waals surface area contributed by atoms with Gasteiger partial charge in [0.1, 0.15) is 0 Å². The number of benzene rings is 1. The largest absolute Gasteiger partial charge is 0.416 e. The lowest BCUT2D eigenvalue weighted by molar-refractivity contribution is -0.137. The van der Waals surface area contributed by atoms with Crippen molar-refractivity contribution in [3.8, 4) is 0 Å². The highest BCUT2D eigenvalue weighted by Crippen LogP contribution is 2.34. The van der Waals surface area contributed by atoms with Gasteiger partial charge >= 0.3 is 6.18 Å². The van der Waals surface area contributed by atoms with Crippen LogP contribution in [0.25, 0.3) is 0 Å². The molecule has 0 unspecified atom stereocenters. The van der Waals surface area contributed by atoms with E-state index >= 15 is 0 Å². The third kappa shape index (κ3) is 3.46. The highest BCUT2D eigenvalue weighted by Gasteiger charge is 2.37. The quantitative estimate of drug-likeness (QED) is 0.832. The van der Waals surface area contributed by atoms with E-state index in [1.807, 2.05) is 0 Å². The second-order valence-electron chi connectivity index (χ2n) is 5.89. The SMILES string of the molecule is CC(C)N(C1CCCC1)S(=O)(=O)c1cccc(C(F)(F)F)c1. The summed E-state index contributed by atoms with van der Waals surface area (Å²) in [5.41, 5.74) is -0.941. The first-order chi connectivity index (χ1) is 10.1. The van der Waals surface area contributed by atoms with E-state index in [1.165, 1.54) is 10.4 Å². The van der Waals surface area contributed by atoms with Gasteiger partial charge in [-0.3, -0.25) is 0 Å². The highest BCUT2D eigenvalue weighted by atomic mass is 32.2. The predicted octanol–water partition coefficient (Wildman–Crippen LogP) is 4.05. The van der Waals surface area contributed by atoms with Crippen LogP contribution in [-0.4, -0.2) is 24.8 Å². The highest BCUT2D eigenvalue weighted by molar-refractivity contribution is 7.89. The lowest BCUT2D eigenvalue weighted by atomic mass is 10.2. The summed E-state index contributed by atoms with van der Waals surface area (Å²) in [6.45, 7) is 3.51. The zero-order valence-electron chi connectivity index (χ0n) is 12.6. The Bertz CT molecular complexity index is 620. The molecule has 1 aliphatic rings. The Kier molecular flexibility index (Phi) is 4.87. The van der Waals surface area contributed by atoms with E-state index in [4.69, 9.17) is 0 Å². The minimum absolute atomic E-state index is 0.125. The number of halogens is 3. The maximum Gasteiger partial charge on any atom is 0.416 e. The Labute approximate surface area is 129 Å². The Morgan fingerprint density at radius 1 is 1.18 bits per heavy atom. The Morgan fingerprint density at radius 3 is 2.27 bits per heavy atom. The molecule has 22 heavy (non-hydrogen) atoms. The van der Waals surface area contributed by atoms with Gasteiger partial charge < -0.3 is 0 Å². The first kappa shape index (κ1) is 17.3. The summed E-state index contributed by atoms with van der Waals surface area (Å²) in [5, 5.41) is 0. The van der Waals surface area contributed by atoms with Crippen molar-refractivity contribution < 1.29 is 21.6 Å². The molecule has 1 aromatic carbocycles. The molecule has 0 heterocycles. The monoisotopic (exact) mass is 335 g/mol. The third-order valence-electron chi connectivity index (χ3n) is 3.93. The van der Waals surface area contributed by atoms with Gasteiger partial charge in [0, 0.05) is 12.1 Å². The van der Waals surface area contributed by atoms with Gasteiger partial charge in [0.15, 0.2) is 0 Å². The Balaban J connectivity index is 2.43. The van der Waals surface area contributed by atoms with E-state index in [9.17, 15) is 21.6 Å². The van der Waals surface area contributed by atoms with Gasteiger partial charge in [-0.2, -0.15) is 17.5 Å². The van der Waals surface area contributed by atoms with E-state index in [-0.39, 0.29) is 17.0 Å². The smallest absolute Gasteiger partial charge is 0.207 e. The molecule has 1 fully saturated rings. The van der Waals surface area contributed by atoms with Crippen LogP contribution in [0.2, 0.25) is 0 Å². The summed E-state index contributed by atoms with van der Waals surface area (Å²) in [7, 11) is -3.93. The number of alkyl halides is 3. The van der Waals surface area contributed by atoms with E-state index < -0.39 is 21.8 Å². The summed E-state index contributed by atoms with van der Waals surface area (Å²) in [4.78, 5) is -0.289. The summed E-state index contributed by atoms with van der Waals surface area (Å²) >= 11 is 0. The molecule has 1 aliphatic carbocycles. The van der Waals surface area contributed by atoms with Gasteiger partial charge in [-0.25, -0.2) is 8.42 Å². The van der Waals surface area contributed by atoms with Gasteiger partial charge in [-0.15, -0.1) is 0 Å². The fourth-order valence-electron chi connectivity index (χ4n) is 3.01. The second-order valence-corrected chi connectivity index (χ2v) is 7.74. The summed E-state index contributed by atoms with van der Waals surface area (Å²) in [6, 6.07) is 3.56. The van der Waals surface area contributed by atoms with Crippen LogP contribution in [0.5, 0.6) is 0 Å². The molecular weight excluding hydrogens is 315 g/mol. The second kappa shape index (κ2) is 6.20. The van der Waals surface area contributed by atoms with Crippen molar-refractivity contribution in [2.45, 2.75) is 62.7 Å². The number of sulfonamides is 1. The number of hydrogen-bond donors (Lipinski definition) is 0. The lowest BCUT2D eigenvalue weighted by Gasteiger charge is -2.31. The molecule has 2 rings (SSSR count). The van der Waals surface area contributed by atoms with Crippen molar-refractivity contribution >= 4 is 10.0 Å². The molecule has 124 valence electrons. The van der Waals surface area contributed by atoms with Gasteiger partial charge in [-0.05, 0) is 44.9 Å². The van der Waals surface area contributed by atoms with E-state index in [1.54, 1.807) is 13.8 Å². The van der Waals surface area contributed by atoms with Gasteiger partial charge in [0.05, 0.1) is 10.5 Å². The first-order valence-corrected chi connectivity index (χ1v) is 8.79. The molecule has 1 saturated carbocycles. The van der Waals surface area contributed by atoms with Crippen LogP contribution in [0, 0.1) is 0 Å². The molecule has 0 amide bonds. The van der Waals surface area contributed by atoms with Crippen LogP contribution in [0.4, 0.5) is 13.2 Å². The summed E-state index contributed by atoms with van der Waals surface area (Å²) in [6.07, 6.45) is -1.13. The zero-order chi connectivity index (χ0) is 16.5. The third-order valence-corrected chi connectivity index (χ3v) is 6.05. The average molecular weight is 335 g/mol. The minimum atomic E-state index is -4.55. The molecule has 0 aliphatic heterocycles. The fraction of sp³-hybridized carbons (Fsp3) is 0.600. The fourth-order valence-corrected chi connectivity index (χ4v) is 4.94. The van der Waals surface area contributed by atoms with E-state index in [2.05, 4.69) is 0 Å². The van der Waals surface area contributed by atoms with E-state index in [0.29, 0.717) is 0 Å². The van der Waals surface area contributed by atoms with Crippen LogP contribution in [0.3, 0.4) is 0 Å². The molecule has 1 aromatic rings. The molecule has 7 heteroatoms. The van der Waals surface area contributed by atoms with Crippen LogP contribution in [0.1, 0.15) is 45.1 Å². The molecule has 0 aromatic heterocycles. The standard InChI is InChI=1S/C15H20F3NO2S/c1-11(2)19(13-7-3-4-8-13)22(20,21)14-9-5-6-12(10-14)15(16,17)18/h5-6,9-11,13H,3-4,7-8H2,1-2H3. The summed E-state index contributed by atoms with van der Waals surface area (Å²) < 4.78 is 65.4. The van der Waals surface area contributed by atoms with Crippen LogP contribution < -0.4 is 0 Å². The molecule has 0 bridgehead atoms. The van der Waals surface area contributed by atoms with Crippen LogP contribution in [-0.2, 0) is 16.2 Å². The zero-order valence-corrected chi connectivity index (χ0v) is 13.4. The van der Waals surface area contributed by atoms with Crippen molar-refractivity contribution in [3.63, 3.8) is 0 Å². The number of nitrogens with zero attached hydrogens (tertiary/aromatic N) is 1. The number of hydrogen-bond acceptors (Lipinski definition) is 2. The minimum Gasteiger partial charge on any atom is -0.207 e. The maximum atomic E-state index is 12.8. The van der Waals surface area contributed by atoms with Crippen molar-refractivity contribution in [2.24, 2.45) is 0 Å². The maximum absolute atomic E-state index is 12.8. The topological polar surface area (TPSA) is 37.4 Å². The first-order valence-electron chi connectivity index (χ1n) is 7.35. The number of rotatable bonds is 4. The Morgan fingerprint density at radius 2 is 1.77 bits per heavy atom. The van der Waals surface area contributed by atoms with Crippen molar-refractivity contribution in [1.29, 1.82) is 0 Å². The molecular formula is C15H20F3NO2S. The Hall–Kier alpha value is -1.08. The predicted molar refractivity (Wildman–Crippen MR) is 77.9 cm³/mol. The normalized spacial score (nSPS) is 17.6. The average Bonchev–Trinajstić information content (AvgIpc) is 2.91. The molecule has 0 radical (unpaired) electrons. The molecule has 0 spiro atoms. The van der Waals surface area contributed by atoms with Gasteiger partial charge in [0.25, 0.3) is 0 Å².